The van der Waals surface area contributed by atoms with Crippen LogP contribution in [-0.2, 0) is 12.5 Å². The molecule has 1 nitrogen and oxygen atoms in total. The molecule has 0 atom stereocenters. The highest BCUT2D eigenvalue weighted by atomic mass is 14.9. The zero-order valence-electron chi connectivity index (χ0n) is 15.4. The summed E-state index contributed by atoms with van der Waals surface area (Å²) in [5.74, 6) is 0. The van der Waals surface area contributed by atoms with Crippen molar-refractivity contribution in [3.8, 4) is 11.3 Å². The van der Waals surface area contributed by atoms with Crippen molar-refractivity contribution in [3.63, 3.8) is 0 Å². The second-order valence-electron chi connectivity index (χ2n) is 6.16. The number of hydrogen-bond acceptors (Lipinski definition) is 0. The lowest BCUT2D eigenvalue weighted by molar-refractivity contribution is -0.660. The largest absolute Gasteiger partial charge is 0.212 e. The maximum absolute atomic E-state index is 7.83. The third kappa shape index (κ3) is 2.70. The van der Waals surface area contributed by atoms with E-state index in [2.05, 4.69) is 39.8 Å². The van der Waals surface area contributed by atoms with Gasteiger partial charge in [-0.25, -0.2) is 4.57 Å². The van der Waals surface area contributed by atoms with Crippen LogP contribution in [0.1, 0.15) is 41.6 Å². The first-order valence-electron chi connectivity index (χ1n) is 8.12. The standard InChI is InChI=1S/C18H24N/c1-13-9-7-8-10-15(13)17-11-16(18(3,4)5)14(2)12-19(17)6/h7-12H,1-6H3/q+1/i2D3. The van der Waals surface area contributed by atoms with E-state index in [0.717, 1.165) is 16.8 Å². The minimum absolute atomic E-state index is 0.227. The van der Waals surface area contributed by atoms with Crippen LogP contribution in [0.25, 0.3) is 11.3 Å². The number of pyridine rings is 1. The van der Waals surface area contributed by atoms with E-state index in [4.69, 9.17) is 4.11 Å². The van der Waals surface area contributed by atoms with E-state index < -0.39 is 6.85 Å². The number of rotatable bonds is 1. The van der Waals surface area contributed by atoms with Crippen LogP contribution in [0, 0.1) is 13.8 Å². The Bertz CT molecular complexity index is 694. The first-order chi connectivity index (χ1) is 10.0. The Morgan fingerprint density at radius 3 is 2.37 bits per heavy atom. The molecule has 1 heterocycles. The smallest absolute Gasteiger partial charge is 0.201 e. The van der Waals surface area contributed by atoms with Crippen molar-refractivity contribution < 1.29 is 8.68 Å². The van der Waals surface area contributed by atoms with Gasteiger partial charge < -0.3 is 0 Å². The van der Waals surface area contributed by atoms with Crippen LogP contribution in [-0.4, -0.2) is 0 Å². The summed E-state index contributed by atoms with van der Waals surface area (Å²) >= 11 is 0. The molecule has 0 aliphatic rings. The number of aryl methyl sites for hydroxylation is 3. The molecule has 0 saturated carbocycles. The molecular formula is C18H24N+. The maximum atomic E-state index is 7.83. The summed E-state index contributed by atoms with van der Waals surface area (Å²) in [5, 5.41) is 0. The molecule has 0 fully saturated rings. The molecule has 0 N–H and O–H groups in total. The van der Waals surface area contributed by atoms with E-state index in [1.165, 1.54) is 5.56 Å². The fourth-order valence-electron chi connectivity index (χ4n) is 2.40. The Hall–Kier alpha value is -1.63. The first kappa shape index (κ1) is 10.2. The van der Waals surface area contributed by atoms with Crippen LogP contribution >= 0.6 is 0 Å². The molecule has 0 aliphatic heterocycles. The molecule has 2 aromatic rings. The van der Waals surface area contributed by atoms with Crippen molar-refractivity contribution in [2.45, 2.75) is 40.0 Å². The first-order valence-corrected chi connectivity index (χ1v) is 6.62. The van der Waals surface area contributed by atoms with Crippen molar-refractivity contribution in [2.24, 2.45) is 7.05 Å². The molecule has 0 saturated heterocycles. The quantitative estimate of drug-likeness (QED) is 0.677. The SMILES string of the molecule is [2H]C([2H])([2H])c1c[n+](C)c(-c2ccccc2C)cc1C(C)(C)C. The fraction of sp³-hybridized carbons (Fsp3) is 0.389. The van der Waals surface area contributed by atoms with Gasteiger partial charge in [0.25, 0.3) is 0 Å². The van der Waals surface area contributed by atoms with E-state index in [-0.39, 0.29) is 5.41 Å². The summed E-state index contributed by atoms with van der Waals surface area (Å²) in [6.45, 7) is 6.13. The van der Waals surface area contributed by atoms with Crippen molar-refractivity contribution in [1.82, 2.24) is 0 Å². The lowest BCUT2D eigenvalue weighted by atomic mass is 9.84. The molecule has 0 bridgehead atoms. The van der Waals surface area contributed by atoms with Gasteiger partial charge in [0, 0.05) is 21.3 Å². The highest BCUT2D eigenvalue weighted by molar-refractivity contribution is 5.62. The van der Waals surface area contributed by atoms with Crippen molar-refractivity contribution in [2.75, 3.05) is 0 Å². The molecule has 1 aromatic heterocycles. The molecule has 0 radical (unpaired) electrons. The van der Waals surface area contributed by atoms with Gasteiger partial charge in [0.2, 0.25) is 5.69 Å². The maximum Gasteiger partial charge on any atom is 0.212 e. The average molecular weight is 257 g/mol. The zero-order chi connectivity index (χ0) is 16.7. The molecule has 0 unspecified atom stereocenters. The van der Waals surface area contributed by atoms with Gasteiger partial charge in [-0.1, -0.05) is 39.0 Å². The molecule has 100 valence electrons. The Kier molecular flexibility index (Phi) is 2.58. The highest BCUT2D eigenvalue weighted by Gasteiger charge is 2.22. The van der Waals surface area contributed by atoms with Crippen LogP contribution in [0.4, 0.5) is 0 Å². The lowest BCUT2D eigenvalue weighted by Crippen LogP contribution is -2.33. The van der Waals surface area contributed by atoms with E-state index in [1.807, 2.05) is 29.8 Å². The molecule has 19 heavy (non-hydrogen) atoms. The van der Waals surface area contributed by atoms with Gasteiger partial charge in [-0.05, 0) is 36.4 Å². The van der Waals surface area contributed by atoms with Gasteiger partial charge in [-0.2, -0.15) is 0 Å². The van der Waals surface area contributed by atoms with E-state index >= 15 is 0 Å². The van der Waals surface area contributed by atoms with Gasteiger partial charge >= 0.3 is 0 Å². The van der Waals surface area contributed by atoms with E-state index in [1.54, 1.807) is 6.20 Å². The van der Waals surface area contributed by atoms with Crippen LogP contribution in [0.5, 0.6) is 0 Å². The minimum atomic E-state index is -2.11. The van der Waals surface area contributed by atoms with Crippen molar-refractivity contribution in [1.29, 1.82) is 0 Å². The topological polar surface area (TPSA) is 3.88 Å². The van der Waals surface area contributed by atoms with Crippen LogP contribution < -0.4 is 4.57 Å². The second kappa shape index (κ2) is 4.80. The van der Waals surface area contributed by atoms with Crippen molar-refractivity contribution >= 4 is 0 Å². The van der Waals surface area contributed by atoms with Crippen LogP contribution in [0.3, 0.4) is 0 Å². The van der Waals surface area contributed by atoms with Crippen LogP contribution in [0.2, 0.25) is 0 Å². The van der Waals surface area contributed by atoms with Crippen LogP contribution in [0.15, 0.2) is 36.5 Å². The Labute approximate surface area is 121 Å². The summed E-state index contributed by atoms with van der Waals surface area (Å²) in [4.78, 5) is 0. The highest BCUT2D eigenvalue weighted by Crippen LogP contribution is 2.29. The monoisotopic (exact) mass is 257 g/mol. The fourth-order valence-corrected chi connectivity index (χ4v) is 2.40. The molecule has 0 aliphatic carbocycles. The Morgan fingerprint density at radius 1 is 1.11 bits per heavy atom. The normalized spacial score (nSPS) is 14.7. The van der Waals surface area contributed by atoms with Gasteiger partial charge in [-0.15, -0.1) is 0 Å². The lowest BCUT2D eigenvalue weighted by Gasteiger charge is -2.21. The minimum Gasteiger partial charge on any atom is -0.201 e. The Morgan fingerprint density at radius 2 is 1.79 bits per heavy atom. The molecule has 1 aromatic carbocycles. The second-order valence-corrected chi connectivity index (χ2v) is 6.16. The number of nitrogens with zero attached hydrogens (tertiary/aromatic N) is 1. The number of hydrogen-bond donors (Lipinski definition) is 0. The third-order valence-electron chi connectivity index (χ3n) is 3.50. The molecule has 2 rings (SSSR count). The molecular weight excluding hydrogens is 230 g/mol. The van der Waals surface area contributed by atoms with Crippen molar-refractivity contribution in [3.05, 3.63) is 53.2 Å². The molecule has 1 heteroatoms. The zero-order valence-corrected chi connectivity index (χ0v) is 12.4. The van der Waals surface area contributed by atoms with Gasteiger partial charge in [0.1, 0.15) is 7.05 Å². The summed E-state index contributed by atoms with van der Waals surface area (Å²) < 4.78 is 25.4. The van der Waals surface area contributed by atoms with Gasteiger partial charge in [0.15, 0.2) is 6.20 Å². The van der Waals surface area contributed by atoms with Gasteiger partial charge in [0.05, 0.1) is 0 Å². The molecule has 0 spiro atoms. The summed E-state index contributed by atoms with van der Waals surface area (Å²) in [5.41, 5.74) is 4.43. The number of aromatic nitrogens is 1. The van der Waals surface area contributed by atoms with Gasteiger partial charge in [-0.3, -0.25) is 0 Å². The predicted molar refractivity (Wildman–Crippen MR) is 81.2 cm³/mol. The average Bonchev–Trinajstić information content (AvgIpc) is 2.37. The number of benzene rings is 1. The summed E-state index contributed by atoms with van der Waals surface area (Å²) in [6.07, 6.45) is 1.76. The van der Waals surface area contributed by atoms with E-state index in [0.29, 0.717) is 5.56 Å². The summed E-state index contributed by atoms with van der Waals surface area (Å²) in [7, 11) is 1.91. The third-order valence-corrected chi connectivity index (χ3v) is 3.50. The predicted octanol–water partition coefficient (Wildman–Crippen LogP) is 4.09. The summed E-state index contributed by atoms with van der Waals surface area (Å²) in [6, 6.07) is 10.2. The Balaban J connectivity index is 2.77. The molecule has 0 amide bonds. The van der Waals surface area contributed by atoms with E-state index in [9.17, 15) is 0 Å².